The molecule has 0 aliphatic heterocycles. The molecule has 1 aromatic carbocycles. The number of hydrogen-bond acceptors (Lipinski definition) is 3. The van der Waals surface area contributed by atoms with Crippen LogP contribution in [0, 0.1) is 5.92 Å². The standard InChI is InChI=1S/C14H21NOS/c1-10-7-8-11(15)14(9-10)17-13-6-4-3-5-12(13)16-2/h3-6,10-11,14H,7-9,15H2,1-2H3. The predicted molar refractivity (Wildman–Crippen MR) is 73.6 cm³/mol. The first-order chi connectivity index (χ1) is 8.20. The second-order valence-electron chi connectivity index (χ2n) is 4.89. The Labute approximate surface area is 108 Å². The summed E-state index contributed by atoms with van der Waals surface area (Å²) in [6.45, 7) is 2.32. The van der Waals surface area contributed by atoms with Gasteiger partial charge in [0, 0.05) is 16.2 Å². The molecule has 17 heavy (non-hydrogen) atoms. The molecule has 0 radical (unpaired) electrons. The van der Waals surface area contributed by atoms with Crippen LogP contribution in [0.25, 0.3) is 0 Å². The lowest BCUT2D eigenvalue weighted by Gasteiger charge is -2.32. The lowest BCUT2D eigenvalue weighted by atomic mass is 9.87. The second-order valence-corrected chi connectivity index (χ2v) is 6.17. The number of hydrogen-bond donors (Lipinski definition) is 1. The molecule has 94 valence electrons. The Bertz CT molecular complexity index is 369. The molecule has 2 rings (SSSR count). The number of nitrogens with two attached hydrogens (primary N) is 1. The fraction of sp³-hybridized carbons (Fsp3) is 0.571. The van der Waals surface area contributed by atoms with Gasteiger partial charge in [-0.25, -0.2) is 0 Å². The first-order valence-corrected chi connectivity index (χ1v) is 7.14. The van der Waals surface area contributed by atoms with Gasteiger partial charge in [-0.3, -0.25) is 0 Å². The number of ether oxygens (including phenoxy) is 1. The van der Waals surface area contributed by atoms with Crippen molar-refractivity contribution >= 4 is 11.8 Å². The van der Waals surface area contributed by atoms with Crippen LogP contribution in [-0.2, 0) is 0 Å². The molecule has 0 amide bonds. The van der Waals surface area contributed by atoms with E-state index in [1.54, 1.807) is 7.11 Å². The summed E-state index contributed by atoms with van der Waals surface area (Å²) in [6.07, 6.45) is 3.63. The molecule has 1 aromatic rings. The maximum atomic E-state index is 6.22. The summed E-state index contributed by atoms with van der Waals surface area (Å²) in [5, 5.41) is 0.523. The molecular formula is C14H21NOS. The number of para-hydroxylation sites is 1. The zero-order valence-electron chi connectivity index (χ0n) is 10.6. The summed E-state index contributed by atoms with van der Waals surface area (Å²) in [7, 11) is 1.73. The lowest BCUT2D eigenvalue weighted by Crippen LogP contribution is -2.37. The minimum Gasteiger partial charge on any atom is -0.496 e. The molecular weight excluding hydrogens is 230 g/mol. The van der Waals surface area contributed by atoms with Crippen LogP contribution in [0.3, 0.4) is 0 Å². The van der Waals surface area contributed by atoms with Crippen molar-refractivity contribution in [2.75, 3.05) is 7.11 Å². The molecule has 3 heteroatoms. The Kier molecular flexibility index (Phi) is 4.35. The fourth-order valence-electron chi connectivity index (χ4n) is 2.37. The van der Waals surface area contributed by atoms with E-state index in [0.717, 1.165) is 18.1 Å². The topological polar surface area (TPSA) is 35.2 Å². The minimum atomic E-state index is 0.320. The first kappa shape index (κ1) is 12.8. The monoisotopic (exact) mass is 251 g/mol. The van der Waals surface area contributed by atoms with Gasteiger partial charge >= 0.3 is 0 Å². The van der Waals surface area contributed by atoms with Gasteiger partial charge in [0.05, 0.1) is 7.11 Å². The van der Waals surface area contributed by atoms with Crippen LogP contribution in [-0.4, -0.2) is 18.4 Å². The second kappa shape index (κ2) is 5.78. The largest absolute Gasteiger partial charge is 0.496 e. The molecule has 1 aliphatic rings. The maximum absolute atomic E-state index is 6.22. The third-order valence-electron chi connectivity index (χ3n) is 3.45. The minimum absolute atomic E-state index is 0.320. The molecule has 1 saturated carbocycles. The average Bonchev–Trinajstić information content (AvgIpc) is 2.34. The molecule has 3 atom stereocenters. The Morgan fingerprint density at radius 3 is 2.82 bits per heavy atom. The van der Waals surface area contributed by atoms with E-state index in [1.165, 1.54) is 17.7 Å². The van der Waals surface area contributed by atoms with Gasteiger partial charge < -0.3 is 10.5 Å². The molecule has 0 aromatic heterocycles. The van der Waals surface area contributed by atoms with Crippen molar-refractivity contribution in [3.05, 3.63) is 24.3 Å². The highest BCUT2D eigenvalue weighted by Gasteiger charge is 2.27. The van der Waals surface area contributed by atoms with Crippen molar-refractivity contribution in [1.29, 1.82) is 0 Å². The smallest absolute Gasteiger partial charge is 0.132 e. The number of rotatable bonds is 3. The molecule has 3 unspecified atom stereocenters. The fourth-order valence-corrected chi connectivity index (χ4v) is 3.85. The van der Waals surface area contributed by atoms with Crippen LogP contribution in [0.4, 0.5) is 0 Å². The summed E-state index contributed by atoms with van der Waals surface area (Å²) in [5.74, 6) is 1.75. The zero-order chi connectivity index (χ0) is 12.3. The van der Waals surface area contributed by atoms with Crippen molar-refractivity contribution in [3.63, 3.8) is 0 Å². The van der Waals surface area contributed by atoms with E-state index < -0.39 is 0 Å². The van der Waals surface area contributed by atoms with Gasteiger partial charge in [0.1, 0.15) is 5.75 Å². The summed E-state index contributed by atoms with van der Waals surface area (Å²) in [4.78, 5) is 1.21. The van der Waals surface area contributed by atoms with E-state index in [1.807, 2.05) is 23.9 Å². The third kappa shape index (κ3) is 3.17. The van der Waals surface area contributed by atoms with Crippen molar-refractivity contribution in [3.8, 4) is 5.75 Å². The van der Waals surface area contributed by atoms with Gasteiger partial charge in [-0.1, -0.05) is 19.1 Å². The average molecular weight is 251 g/mol. The van der Waals surface area contributed by atoms with Gasteiger partial charge in [0.2, 0.25) is 0 Å². The highest BCUT2D eigenvalue weighted by molar-refractivity contribution is 8.00. The zero-order valence-corrected chi connectivity index (χ0v) is 11.4. The predicted octanol–water partition coefficient (Wildman–Crippen LogP) is 3.30. The van der Waals surface area contributed by atoms with E-state index in [4.69, 9.17) is 10.5 Å². The third-order valence-corrected chi connectivity index (χ3v) is 4.89. The number of benzene rings is 1. The molecule has 0 bridgehead atoms. The Balaban J connectivity index is 2.08. The van der Waals surface area contributed by atoms with Crippen molar-refractivity contribution in [1.82, 2.24) is 0 Å². The Hall–Kier alpha value is -0.670. The highest BCUT2D eigenvalue weighted by atomic mass is 32.2. The molecule has 0 saturated heterocycles. The van der Waals surface area contributed by atoms with Crippen molar-refractivity contribution in [2.24, 2.45) is 11.7 Å². The normalized spacial score (nSPS) is 29.0. The van der Waals surface area contributed by atoms with E-state index in [9.17, 15) is 0 Å². The highest BCUT2D eigenvalue weighted by Crippen LogP contribution is 2.39. The summed E-state index contributed by atoms with van der Waals surface area (Å²) in [5.41, 5.74) is 6.22. The first-order valence-electron chi connectivity index (χ1n) is 6.26. The Morgan fingerprint density at radius 1 is 1.29 bits per heavy atom. The van der Waals surface area contributed by atoms with E-state index in [-0.39, 0.29) is 0 Å². The van der Waals surface area contributed by atoms with E-state index >= 15 is 0 Å². The van der Waals surface area contributed by atoms with Gasteiger partial charge in [-0.15, -0.1) is 11.8 Å². The van der Waals surface area contributed by atoms with Crippen LogP contribution in [0.5, 0.6) is 5.75 Å². The molecule has 1 fully saturated rings. The summed E-state index contributed by atoms with van der Waals surface area (Å²) in [6, 6.07) is 8.52. The number of methoxy groups -OCH3 is 1. The molecule has 2 N–H and O–H groups in total. The molecule has 1 aliphatic carbocycles. The Morgan fingerprint density at radius 2 is 2.06 bits per heavy atom. The van der Waals surface area contributed by atoms with E-state index in [2.05, 4.69) is 19.1 Å². The van der Waals surface area contributed by atoms with Crippen LogP contribution in [0.2, 0.25) is 0 Å². The van der Waals surface area contributed by atoms with Crippen LogP contribution >= 0.6 is 11.8 Å². The molecule has 0 heterocycles. The van der Waals surface area contributed by atoms with Crippen molar-refractivity contribution in [2.45, 2.75) is 42.4 Å². The van der Waals surface area contributed by atoms with Gasteiger partial charge in [-0.2, -0.15) is 0 Å². The SMILES string of the molecule is COc1ccccc1SC1CC(C)CCC1N. The van der Waals surface area contributed by atoms with Gasteiger partial charge in [0.15, 0.2) is 0 Å². The van der Waals surface area contributed by atoms with Crippen LogP contribution in [0.1, 0.15) is 26.2 Å². The molecule has 0 spiro atoms. The number of thioether (sulfide) groups is 1. The maximum Gasteiger partial charge on any atom is 0.132 e. The molecule has 2 nitrogen and oxygen atoms in total. The summed E-state index contributed by atoms with van der Waals surface area (Å²) < 4.78 is 5.39. The van der Waals surface area contributed by atoms with Crippen LogP contribution in [0.15, 0.2) is 29.2 Å². The lowest BCUT2D eigenvalue weighted by molar-refractivity contribution is 0.357. The van der Waals surface area contributed by atoms with Gasteiger partial charge in [-0.05, 0) is 37.3 Å². The summed E-state index contributed by atoms with van der Waals surface area (Å²) >= 11 is 1.88. The van der Waals surface area contributed by atoms with E-state index in [0.29, 0.717) is 11.3 Å². The quantitative estimate of drug-likeness (QED) is 0.895. The van der Waals surface area contributed by atoms with Crippen molar-refractivity contribution < 1.29 is 4.74 Å². The van der Waals surface area contributed by atoms with Crippen LogP contribution < -0.4 is 10.5 Å². The van der Waals surface area contributed by atoms with Gasteiger partial charge in [0.25, 0.3) is 0 Å².